The standard InChI is InChI=1S/C17H30O2.C2H6/c1-8-16(19)13(4)9-14(12(2)3)10-15(18)11-17(5,6)7;1-2/h9,12,14H,8,10-11H2,1-7H3;1-2H3/b13-9+;. The Labute approximate surface area is 132 Å². The Morgan fingerprint density at radius 2 is 1.57 bits per heavy atom. The summed E-state index contributed by atoms with van der Waals surface area (Å²) in [5, 5.41) is 0. The van der Waals surface area contributed by atoms with Crippen molar-refractivity contribution in [2.24, 2.45) is 17.3 Å². The van der Waals surface area contributed by atoms with Crippen LogP contribution in [0.15, 0.2) is 11.6 Å². The molecule has 0 saturated carbocycles. The van der Waals surface area contributed by atoms with Gasteiger partial charge in [-0.2, -0.15) is 0 Å². The van der Waals surface area contributed by atoms with E-state index < -0.39 is 0 Å². The maximum absolute atomic E-state index is 12.1. The molecule has 2 heteroatoms. The van der Waals surface area contributed by atoms with Gasteiger partial charge < -0.3 is 0 Å². The molecule has 0 aromatic rings. The molecule has 0 saturated heterocycles. The second kappa shape index (κ2) is 10.8. The van der Waals surface area contributed by atoms with E-state index in [9.17, 15) is 9.59 Å². The largest absolute Gasteiger partial charge is 0.300 e. The lowest BCUT2D eigenvalue weighted by Gasteiger charge is -2.21. The minimum atomic E-state index is 0.0383. The van der Waals surface area contributed by atoms with Crippen LogP contribution in [0, 0.1) is 17.3 Å². The van der Waals surface area contributed by atoms with Crippen LogP contribution in [0.2, 0.25) is 0 Å². The van der Waals surface area contributed by atoms with E-state index in [0.29, 0.717) is 31.0 Å². The summed E-state index contributed by atoms with van der Waals surface area (Å²) in [5.41, 5.74) is 0.834. The zero-order valence-electron chi connectivity index (χ0n) is 15.7. The van der Waals surface area contributed by atoms with Crippen LogP contribution in [0.25, 0.3) is 0 Å². The first-order valence-corrected chi connectivity index (χ1v) is 8.30. The first-order chi connectivity index (χ1) is 9.56. The molecular weight excluding hydrogens is 260 g/mol. The van der Waals surface area contributed by atoms with Crippen molar-refractivity contribution >= 4 is 11.6 Å². The molecule has 0 aliphatic rings. The average molecular weight is 296 g/mol. The molecule has 0 aromatic heterocycles. The molecule has 124 valence electrons. The van der Waals surface area contributed by atoms with Crippen LogP contribution < -0.4 is 0 Å². The van der Waals surface area contributed by atoms with Gasteiger partial charge in [-0.15, -0.1) is 0 Å². The van der Waals surface area contributed by atoms with Crippen molar-refractivity contribution in [3.05, 3.63) is 11.6 Å². The third kappa shape index (κ3) is 11.4. The number of rotatable bonds is 7. The molecule has 21 heavy (non-hydrogen) atoms. The van der Waals surface area contributed by atoms with Gasteiger partial charge in [-0.1, -0.05) is 61.5 Å². The maximum Gasteiger partial charge on any atom is 0.157 e. The van der Waals surface area contributed by atoms with E-state index in [2.05, 4.69) is 34.6 Å². The van der Waals surface area contributed by atoms with Crippen molar-refractivity contribution in [2.45, 2.75) is 81.6 Å². The smallest absolute Gasteiger partial charge is 0.157 e. The van der Waals surface area contributed by atoms with Gasteiger partial charge in [0.2, 0.25) is 0 Å². The highest BCUT2D eigenvalue weighted by Gasteiger charge is 2.21. The summed E-state index contributed by atoms with van der Waals surface area (Å²) in [6.45, 7) is 18.2. The molecule has 0 amide bonds. The van der Waals surface area contributed by atoms with Crippen molar-refractivity contribution in [1.82, 2.24) is 0 Å². The molecule has 1 unspecified atom stereocenters. The molecular formula is C19H36O2. The molecule has 2 nitrogen and oxygen atoms in total. The predicted octanol–water partition coefficient (Wildman–Crippen LogP) is 5.61. The van der Waals surface area contributed by atoms with Gasteiger partial charge in [-0.3, -0.25) is 9.59 Å². The van der Waals surface area contributed by atoms with Crippen molar-refractivity contribution < 1.29 is 9.59 Å². The van der Waals surface area contributed by atoms with Gasteiger partial charge in [0.1, 0.15) is 5.78 Å². The minimum Gasteiger partial charge on any atom is -0.300 e. The number of carbonyl (C=O) groups is 2. The van der Waals surface area contributed by atoms with E-state index in [1.807, 2.05) is 33.8 Å². The van der Waals surface area contributed by atoms with Gasteiger partial charge in [0.25, 0.3) is 0 Å². The topological polar surface area (TPSA) is 34.1 Å². The summed E-state index contributed by atoms with van der Waals surface area (Å²) in [6, 6.07) is 0. The van der Waals surface area contributed by atoms with Gasteiger partial charge in [0.05, 0.1) is 0 Å². The lowest BCUT2D eigenvalue weighted by atomic mass is 9.83. The molecule has 0 fully saturated rings. The molecule has 0 aliphatic heterocycles. The maximum atomic E-state index is 12.1. The molecule has 0 N–H and O–H groups in total. The lowest BCUT2D eigenvalue weighted by molar-refractivity contribution is -0.121. The minimum absolute atomic E-state index is 0.0383. The zero-order valence-corrected chi connectivity index (χ0v) is 15.7. The van der Waals surface area contributed by atoms with E-state index in [4.69, 9.17) is 0 Å². The Morgan fingerprint density at radius 3 is 1.90 bits per heavy atom. The Balaban J connectivity index is 0. The Hall–Kier alpha value is -0.920. The summed E-state index contributed by atoms with van der Waals surface area (Å²) < 4.78 is 0. The molecule has 0 spiro atoms. The number of Topliss-reactive ketones (excluding diaryl/α,β-unsaturated/α-hetero) is 2. The van der Waals surface area contributed by atoms with E-state index >= 15 is 0 Å². The quantitative estimate of drug-likeness (QED) is 0.572. The number of allylic oxidation sites excluding steroid dienone is 2. The van der Waals surface area contributed by atoms with Crippen LogP contribution in [0.1, 0.15) is 81.6 Å². The number of carbonyl (C=O) groups excluding carboxylic acids is 2. The zero-order chi connectivity index (χ0) is 17.2. The highest BCUT2D eigenvalue weighted by atomic mass is 16.1. The number of hydrogen-bond acceptors (Lipinski definition) is 2. The van der Waals surface area contributed by atoms with Crippen molar-refractivity contribution in [1.29, 1.82) is 0 Å². The van der Waals surface area contributed by atoms with Crippen LogP contribution in [0.5, 0.6) is 0 Å². The fraction of sp³-hybridized carbons (Fsp3) is 0.789. The summed E-state index contributed by atoms with van der Waals surface area (Å²) >= 11 is 0. The van der Waals surface area contributed by atoms with Crippen molar-refractivity contribution in [2.75, 3.05) is 0 Å². The third-order valence-electron chi connectivity index (χ3n) is 3.27. The Morgan fingerprint density at radius 1 is 1.10 bits per heavy atom. The van der Waals surface area contributed by atoms with Crippen LogP contribution in [-0.4, -0.2) is 11.6 Å². The molecule has 0 bridgehead atoms. The summed E-state index contributed by atoms with van der Waals surface area (Å²) in [6.07, 6.45) is 3.67. The molecule has 0 heterocycles. The molecule has 0 radical (unpaired) electrons. The predicted molar refractivity (Wildman–Crippen MR) is 92.4 cm³/mol. The fourth-order valence-electron chi connectivity index (χ4n) is 2.11. The van der Waals surface area contributed by atoms with Crippen molar-refractivity contribution in [3.63, 3.8) is 0 Å². The average Bonchev–Trinajstić information content (AvgIpc) is 2.36. The molecule has 0 rings (SSSR count). The number of ketones is 2. The Bertz CT molecular complexity index is 343. The van der Waals surface area contributed by atoms with Gasteiger partial charge in [-0.25, -0.2) is 0 Å². The van der Waals surface area contributed by atoms with E-state index in [0.717, 1.165) is 5.57 Å². The fourth-order valence-corrected chi connectivity index (χ4v) is 2.11. The van der Waals surface area contributed by atoms with Crippen LogP contribution >= 0.6 is 0 Å². The third-order valence-corrected chi connectivity index (χ3v) is 3.27. The summed E-state index contributed by atoms with van der Waals surface area (Å²) in [7, 11) is 0. The summed E-state index contributed by atoms with van der Waals surface area (Å²) in [4.78, 5) is 23.7. The van der Waals surface area contributed by atoms with E-state index in [1.54, 1.807) is 0 Å². The van der Waals surface area contributed by atoms with E-state index in [-0.39, 0.29) is 17.1 Å². The van der Waals surface area contributed by atoms with Gasteiger partial charge >= 0.3 is 0 Å². The van der Waals surface area contributed by atoms with Gasteiger partial charge in [0, 0.05) is 19.3 Å². The first kappa shape index (κ1) is 22.4. The monoisotopic (exact) mass is 296 g/mol. The van der Waals surface area contributed by atoms with Crippen LogP contribution in [0.4, 0.5) is 0 Å². The summed E-state index contributed by atoms with van der Waals surface area (Å²) in [5.74, 6) is 1.02. The second-order valence-electron chi connectivity index (χ2n) is 7.01. The number of hydrogen-bond donors (Lipinski definition) is 0. The van der Waals surface area contributed by atoms with Crippen molar-refractivity contribution in [3.8, 4) is 0 Å². The SMILES string of the molecule is CC.CCC(=O)/C(C)=C/C(CC(=O)CC(C)(C)C)C(C)C. The van der Waals surface area contributed by atoms with Crippen LogP contribution in [0.3, 0.4) is 0 Å². The highest BCUT2D eigenvalue weighted by Crippen LogP contribution is 2.25. The highest BCUT2D eigenvalue weighted by molar-refractivity contribution is 5.94. The molecule has 1 atom stereocenters. The van der Waals surface area contributed by atoms with Gasteiger partial charge in [-0.05, 0) is 29.7 Å². The first-order valence-electron chi connectivity index (χ1n) is 8.30. The van der Waals surface area contributed by atoms with E-state index in [1.165, 1.54) is 0 Å². The van der Waals surface area contributed by atoms with Gasteiger partial charge in [0.15, 0.2) is 5.78 Å². The molecule has 0 aromatic carbocycles. The lowest BCUT2D eigenvalue weighted by Crippen LogP contribution is -2.18. The normalized spacial score (nSPS) is 13.5. The Kier molecular flexibility index (Phi) is 11.5. The molecule has 0 aliphatic carbocycles. The van der Waals surface area contributed by atoms with Crippen LogP contribution in [-0.2, 0) is 9.59 Å². The second-order valence-corrected chi connectivity index (χ2v) is 7.01.